The molecule has 11 heavy (non-hydrogen) atoms. The van der Waals surface area contributed by atoms with E-state index >= 15 is 0 Å². The maximum atomic E-state index is 4.42. The van der Waals surface area contributed by atoms with Crippen molar-refractivity contribution in [3.63, 3.8) is 0 Å². The van der Waals surface area contributed by atoms with Crippen LogP contribution in [-0.4, -0.2) is 12.3 Å². The lowest BCUT2D eigenvalue weighted by Gasteiger charge is -1.95. The predicted molar refractivity (Wildman–Crippen MR) is 50.2 cm³/mol. The minimum atomic E-state index is 1.07. The number of rotatable bonds is 3. The summed E-state index contributed by atoms with van der Waals surface area (Å²) < 4.78 is 0. The van der Waals surface area contributed by atoms with Gasteiger partial charge in [-0.25, -0.2) is 0 Å². The third-order valence-corrected chi connectivity index (χ3v) is 1.94. The molecule has 0 aromatic heterocycles. The van der Waals surface area contributed by atoms with Gasteiger partial charge in [0.15, 0.2) is 0 Å². The van der Waals surface area contributed by atoms with Crippen LogP contribution in [0.3, 0.4) is 0 Å². The average molecular weight is 151 g/mol. The highest BCUT2D eigenvalue weighted by atomic mass is 14.8. The summed E-state index contributed by atoms with van der Waals surface area (Å²) in [4.78, 5) is 4.42. The first kappa shape index (κ1) is 8.51. The van der Waals surface area contributed by atoms with E-state index in [4.69, 9.17) is 0 Å². The van der Waals surface area contributed by atoms with Gasteiger partial charge in [0.25, 0.3) is 0 Å². The number of hydrogen-bond acceptors (Lipinski definition) is 1. The first-order chi connectivity index (χ1) is 5.29. The summed E-state index contributed by atoms with van der Waals surface area (Å²) in [7, 11) is 0. The van der Waals surface area contributed by atoms with Gasteiger partial charge >= 0.3 is 0 Å². The lowest BCUT2D eigenvalue weighted by atomic mass is 10.1. The Kier molecular flexibility index (Phi) is 3.34. The Balaban J connectivity index is 2.17. The number of hydrogen-bond donors (Lipinski definition) is 0. The minimum absolute atomic E-state index is 1.07. The molecule has 62 valence electrons. The van der Waals surface area contributed by atoms with Gasteiger partial charge in [-0.15, -0.1) is 0 Å². The molecule has 0 aliphatic carbocycles. The van der Waals surface area contributed by atoms with Crippen molar-refractivity contribution in [3.8, 4) is 0 Å². The van der Waals surface area contributed by atoms with Gasteiger partial charge < -0.3 is 0 Å². The van der Waals surface area contributed by atoms with Gasteiger partial charge in [-0.1, -0.05) is 11.6 Å². The fourth-order valence-corrected chi connectivity index (χ4v) is 1.33. The van der Waals surface area contributed by atoms with Gasteiger partial charge in [0.2, 0.25) is 0 Å². The first-order valence-corrected chi connectivity index (χ1v) is 4.44. The Labute approximate surface area is 69.2 Å². The Hall–Kier alpha value is -0.590. The third-order valence-electron chi connectivity index (χ3n) is 1.94. The summed E-state index contributed by atoms with van der Waals surface area (Å²) in [5.74, 6) is 0. The maximum absolute atomic E-state index is 4.42. The molecule has 1 heteroatoms. The van der Waals surface area contributed by atoms with Crippen molar-refractivity contribution in [3.05, 3.63) is 11.6 Å². The van der Waals surface area contributed by atoms with Gasteiger partial charge in [0.05, 0.1) is 0 Å². The molecule has 0 aromatic rings. The van der Waals surface area contributed by atoms with E-state index in [1.54, 1.807) is 0 Å². The smallest absolute Gasteiger partial charge is 0.0392 e. The van der Waals surface area contributed by atoms with Crippen molar-refractivity contribution >= 4 is 5.71 Å². The summed E-state index contributed by atoms with van der Waals surface area (Å²) >= 11 is 0. The van der Waals surface area contributed by atoms with Crippen molar-refractivity contribution in [1.82, 2.24) is 0 Å². The van der Waals surface area contributed by atoms with Crippen LogP contribution in [0.15, 0.2) is 16.6 Å². The van der Waals surface area contributed by atoms with Crippen LogP contribution in [0.5, 0.6) is 0 Å². The molecule has 0 saturated heterocycles. The first-order valence-electron chi connectivity index (χ1n) is 4.44. The molecule has 1 rings (SSSR count). The minimum Gasteiger partial charge on any atom is -0.294 e. The second-order valence-electron chi connectivity index (χ2n) is 3.37. The fourth-order valence-electron chi connectivity index (χ4n) is 1.33. The van der Waals surface area contributed by atoms with Crippen LogP contribution in [0.1, 0.15) is 39.5 Å². The fraction of sp³-hybridized carbons (Fsp3) is 0.700. The zero-order chi connectivity index (χ0) is 8.10. The second kappa shape index (κ2) is 4.32. The molecule has 0 N–H and O–H groups in total. The molecule has 0 amide bonds. The van der Waals surface area contributed by atoms with E-state index in [0.717, 1.165) is 6.54 Å². The topological polar surface area (TPSA) is 12.4 Å². The van der Waals surface area contributed by atoms with Crippen LogP contribution >= 0.6 is 0 Å². The van der Waals surface area contributed by atoms with Crippen LogP contribution in [0.2, 0.25) is 0 Å². The molecule has 1 nitrogen and oxygen atoms in total. The summed E-state index contributed by atoms with van der Waals surface area (Å²) in [6.45, 7) is 5.37. The Morgan fingerprint density at radius 3 is 2.91 bits per heavy atom. The molecule has 0 fully saturated rings. The average Bonchev–Trinajstić information content (AvgIpc) is 2.39. The molecule has 0 bridgehead atoms. The highest BCUT2D eigenvalue weighted by Crippen LogP contribution is 2.09. The monoisotopic (exact) mass is 151 g/mol. The van der Waals surface area contributed by atoms with Crippen molar-refractivity contribution < 1.29 is 0 Å². The quantitative estimate of drug-likeness (QED) is 0.550. The molecule has 0 atom stereocenters. The van der Waals surface area contributed by atoms with E-state index < -0.39 is 0 Å². The normalized spacial score (nSPS) is 16.4. The van der Waals surface area contributed by atoms with E-state index in [-0.39, 0.29) is 0 Å². The molecule has 0 spiro atoms. The second-order valence-corrected chi connectivity index (χ2v) is 3.37. The lowest BCUT2D eigenvalue weighted by Crippen LogP contribution is -1.90. The SMILES string of the molecule is CC(C)=CCCC1=NCCC1. The van der Waals surface area contributed by atoms with Gasteiger partial charge in [-0.2, -0.15) is 0 Å². The third kappa shape index (κ3) is 3.35. The van der Waals surface area contributed by atoms with Crippen molar-refractivity contribution in [2.45, 2.75) is 39.5 Å². The summed E-state index contributed by atoms with van der Waals surface area (Å²) in [6.07, 6.45) is 7.19. The molecular formula is C10H17N. The molecule has 0 radical (unpaired) electrons. The molecule has 0 saturated carbocycles. The molecule has 0 unspecified atom stereocenters. The number of allylic oxidation sites excluding steroid dienone is 2. The summed E-state index contributed by atoms with van der Waals surface area (Å²) in [5, 5.41) is 0. The Morgan fingerprint density at radius 1 is 1.55 bits per heavy atom. The van der Waals surface area contributed by atoms with Crippen LogP contribution in [0, 0.1) is 0 Å². The molecule has 1 aliphatic rings. The van der Waals surface area contributed by atoms with E-state index in [1.165, 1.54) is 37.0 Å². The van der Waals surface area contributed by atoms with E-state index in [0.29, 0.717) is 0 Å². The zero-order valence-electron chi connectivity index (χ0n) is 7.56. The lowest BCUT2D eigenvalue weighted by molar-refractivity contribution is 0.945. The summed E-state index contributed by atoms with van der Waals surface area (Å²) in [6, 6.07) is 0. The largest absolute Gasteiger partial charge is 0.294 e. The predicted octanol–water partition coefficient (Wildman–Crippen LogP) is 2.97. The molecule has 0 aromatic carbocycles. The van der Waals surface area contributed by atoms with E-state index in [1.807, 2.05) is 0 Å². The van der Waals surface area contributed by atoms with Crippen LogP contribution in [0.25, 0.3) is 0 Å². The molecule has 1 aliphatic heterocycles. The maximum Gasteiger partial charge on any atom is 0.0392 e. The Bertz CT molecular complexity index is 173. The van der Waals surface area contributed by atoms with E-state index in [9.17, 15) is 0 Å². The van der Waals surface area contributed by atoms with Crippen molar-refractivity contribution in [1.29, 1.82) is 0 Å². The van der Waals surface area contributed by atoms with Gasteiger partial charge in [-0.05, 0) is 39.5 Å². The number of aliphatic imine (C=N–C) groups is 1. The molecular weight excluding hydrogens is 134 g/mol. The van der Waals surface area contributed by atoms with Gasteiger partial charge in [0.1, 0.15) is 0 Å². The van der Waals surface area contributed by atoms with Crippen LogP contribution in [0.4, 0.5) is 0 Å². The van der Waals surface area contributed by atoms with Gasteiger partial charge in [0, 0.05) is 12.3 Å². The summed E-state index contributed by atoms with van der Waals surface area (Å²) in [5.41, 5.74) is 2.85. The van der Waals surface area contributed by atoms with Crippen molar-refractivity contribution in [2.24, 2.45) is 4.99 Å². The van der Waals surface area contributed by atoms with E-state index in [2.05, 4.69) is 24.9 Å². The molecule has 1 heterocycles. The number of nitrogens with zero attached hydrogens (tertiary/aromatic N) is 1. The zero-order valence-corrected chi connectivity index (χ0v) is 7.56. The highest BCUT2D eigenvalue weighted by Gasteiger charge is 2.03. The van der Waals surface area contributed by atoms with Gasteiger partial charge in [-0.3, -0.25) is 4.99 Å². The standard InChI is InChI=1S/C10H17N/c1-9(2)5-3-6-10-7-4-8-11-10/h5H,3-4,6-8H2,1-2H3. The van der Waals surface area contributed by atoms with Crippen LogP contribution < -0.4 is 0 Å². The highest BCUT2D eigenvalue weighted by molar-refractivity contribution is 5.85. The Morgan fingerprint density at radius 2 is 2.36 bits per heavy atom. The van der Waals surface area contributed by atoms with Crippen molar-refractivity contribution in [2.75, 3.05) is 6.54 Å². The van der Waals surface area contributed by atoms with Crippen LogP contribution in [-0.2, 0) is 0 Å².